The van der Waals surface area contributed by atoms with Gasteiger partial charge in [-0.25, -0.2) is 4.98 Å². The average molecular weight is 310 g/mol. The molecule has 0 radical (unpaired) electrons. The molecule has 23 heavy (non-hydrogen) atoms. The number of nitrogens with one attached hydrogen (secondary N) is 2. The Morgan fingerprint density at radius 2 is 2.22 bits per heavy atom. The summed E-state index contributed by atoms with van der Waals surface area (Å²) in [5.41, 5.74) is 10.1. The molecule has 0 spiro atoms. The van der Waals surface area contributed by atoms with E-state index < -0.39 is 0 Å². The third-order valence-electron chi connectivity index (χ3n) is 4.24. The zero-order chi connectivity index (χ0) is 15.8. The number of pyridine rings is 2. The summed E-state index contributed by atoms with van der Waals surface area (Å²) in [5.74, 6) is 0.446. The normalized spacial score (nSPS) is 20.9. The lowest BCUT2D eigenvalue weighted by Gasteiger charge is -2.16. The molecule has 0 unspecified atom stereocenters. The zero-order valence-corrected chi connectivity index (χ0v) is 12.5. The Hall–Kier alpha value is -2.67. The van der Waals surface area contributed by atoms with Gasteiger partial charge in [-0.05, 0) is 31.4 Å². The van der Waals surface area contributed by atoms with Crippen LogP contribution in [0.2, 0.25) is 0 Å². The maximum atomic E-state index is 9.69. The molecular weight excluding hydrogens is 292 g/mol. The maximum Gasteiger partial charge on any atom is 0.126 e. The van der Waals surface area contributed by atoms with Crippen molar-refractivity contribution in [1.82, 2.24) is 20.2 Å². The highest BCUT2D eigenvalue weighted by molar-refractivity contribution is 5.91. The Morgan fingerprint density at radius 3 is 2.96 bits per heavy atom. The number of nitrogen functional groups attached to an aromatic ring is 1. The molecule has 0 aromatic carbocycles. The Morgan fingerprint density at radius 1 is 1.30 bits per heavy atom. The number of aromatic amines is 1. The summed E-state index contributed by atoms with van der Waals surface area (Å²) < 4.78 is 0. The van der Waals surface area contributed by atoms with Crippen LogP contribution in [-0.2, 0) is 0 Å². The first-order valence-corrected chi connectivity index (χ1v) is 7.69. The predicted octanol–water partition coefficient (Wildman–Crippen LogP) is 1.93. The SMILES string of the molecule is Nc1cc(N[C@@H]2CC[C@@H](O)C2)c2ncc(-c3ccn[nH]3)cc2n1. The lowest BCUT2D eigenvalue weighted by Crippen LogP contribution is -2.17. The number of H-pyrrole nitrogens is 1. The molecule has 4 rings (SSSR count). The molecule has 7 heteroatoms. The number of fused-ring (bicyclic) bond motifs is 1. The molecule has 3 aromatic heterocycles. The van der Waals surface area contributed by atoms with Crippen molar-refractivity contribution in [2.45, 2.75) is 31.4 Å². The van der Waals surface area contributed by atoms with Gasteiger partial charge in [0, 0.05) is 30.1 Å². The summed E-state index contributed by atoms with van der Waals surface area (Å²) in [6.07, 6.45) is 5.78. The van der Waals surface area contributed by atoms with Gasteiger partial charge in [0.25, 0.3) is 0 Å². The molecule has 3 heterocycles. The summed E-state index contributed by atoms with van der Waals surface area (Å²) in [6, 6.07) is 5.87. The molecule has 0 bridgehead atoms. The smallest absolute Gasteiger partial charge is 0.126 e. The largest absolute Gasteiger partial charge is 0.393 e. The number of hydrogen-bond acceptors (Lipinski definition) is 6. The van der Waals surface area contributed by atoms with Gasteiger partial charge in [0.05, 0.1) is 23.0 Å². The molecule has 0 amide bonds. The van der Waals surface area contributed by atoms with Gasteiger partial charge in [-0.3, -0.25) is 10.1 Å². The lowest BCUT2D eigenvalue weighted by atomic mass is 10.1. The fourth-order valence-corrected chi connectivity index (χ4v) is 3.12. The summed E-state index contributed by atoms with van der Waals surface area (Å²) in [5, 5.41) is 20.0. The number of rotatable bonds is 3. The molecule has 118 valence electrons. The lowest BCUT2D eigenvalue weighted by molar-refractivity contribution is 0.182. The van der Waals surface area contributed by atoms with Crippen LogP contribution in [0.25, 0.3) is 22.3 Å². The first kappa shape index (κ1) is 14.0. The van der Waals surface area contributed by atoms with Gasteiger partial charge >= 0.3 is 0 Å². The van der Waals surface area contributed by atoms with Gasteiger partial charge < -0.3 is 16.2 Å². The van der Waals surface area contributed by atoms with Gasteiger partial charge in [0.2, 0.25) is 0 Å². The Bertz CT molecular complexity index is 832. The van der Waals surface area contributed by atoms with Gasteiger partial charge in [0.15, 0.2) is 0 Å². The van der Waals surface area contributed by atoms with Crippen molar-refractivity contribution in [1.29, 1.82) is 0 Å². The van der Waals surface area contributed by atoms with Gasteiger partial charge in [-0.2, -0.15) is 5.10 Å². The van der Waals surface area contributed by atoms with Crippen molar-refractivity contribution < 1.29 is 5.11 Å². The molecule has 7 nitrogen and oxygen atoms in total. The first-order chi connectivity index (χ1) is 11.2. The minimum Gasteiger partial charge on any atom is -0.393 e. The number of aliphatic hydroxyl groups is 1. The van der Waals surface area contributed by atoms with E-state index in [2.05, 4.69) is 25.5 Å². The Kier molecular flexibility index (Phi) is 3.34. The van der Waals surface area contributed by atoms with Gasteiger partial charge in [-0.15, -0.1) is 0 Å². The van der Waals surface area contributed by atoms with Crippen molar-refractivity contribution in [3.8, 4) is 11.3 Å². The second-order valence-corrected chi connectivity index (χ2v) is 5.96. The topological polar surface area (TPSA) is 113 Å². The van der Waals surface area contributed by atoms with E-state index in [1.54, 1.807) is 18.5 Å². The molecule has 2 atom stereocenters. The van der Waals surface area contributed by atoms with Crippen LogP contribution in [0.1, 0.15) is 19.3 Å². The van der Waals surface area contributed by atoms with Gasteiger partial charge in [0.1, 0.15) is 11.3 Å². The van der Waals surface area contributed by atoms with Crippen LogP contribution in [-0.4, -0.2) is 37.4 Å². The minimum atomic E-state index is -0.224. The number of anilines is 2. The summed E-state index contributed by atoms with van der Waals surface area (Å²) in [7, 11) is 0. The number of aromatic nitrogens is 4. The fraction of sp³-hybridized carbons (Fsp3) is 0.312. The predicted molar refractivity (Wildman–Crippen MR) is 88.8 cm³/mol. The molecule has 0 saturated heterocycles. The molecule has 1 saturated carbocycles. The third-order valence-corrected chi connectivity index (χ3v) is 4.24. The van der Waals surface area contributed by atoms with Crippen molar-refractivity contribution >= 4 is 22.5 Å². The van der Waals surface area contributed by atoms with Gasteiger partial charge in [-0.1, -0.05) is 0 Å². The van der Waals surface area contributed by atoms with E-state index in [0.717, 1.165) is 47.2 Å². The fourth-order valence-electron chi connectivity index (χ4n) is 3.12. The van der Waals surface area contributed by atoms with Crippen LogP contribution in [0.5, 0.6) is 0 Å². The van der Waals surface area contributed by atoms with Crippen molar-refractivity contribution in [3.63, 3.8) is 0 Å². The van der Waals surface area contributed by atoms with Crippen LogP contribution in [0.3, 0.4) is 0 Å². The van der Waals surface area contributed by atoms with Crippen LogP contribution >= 0.6 is 0 Å². The number of nitrogens with two attached hydrogens (primary N) is 1. The number of nitrogens with zero attached hydrogens (tertiary/aromatic N) is 3. The van der Waals surface area contributed by atoms with E-state index in [0.29, 0.717) is 5.82 Å². The minimum absolute atomic E-state index is 0.224. The zero-order valence-electron chi connectivity index (χ0n) is 12.5. The van der Waals surface area contributed by atoms with E-state index >= 15 is 0 Å². The number of hydrogen-bond donors (Lipinski definition) is 4. The molecule has 3 aromatic rings. The van der Waals surface area contributed by atoms with E-state index in [1.165, 1.54) is 0 Å². The average Bonchev–Trinajstić information content (AvgIpc) is 3.18. The van der Waals surface area contributed by atoms with E-state index in [1.807, 2.05) is 12.1 Å². The van der Waals surface area contributed by atoms with Crippen molar-refractivity contribution in [2.24, 2.45) is 0 Å². The second kappa shape index (κ2) is 5.51. The van der Waals surface area contributed by atoms with Crippen LogP contribution in [0.15, 0.2) is 30.6 Å². The summed E-state index contributed by atoms with van der Waals surface area (Å²) in [6.45, 7) is 0. The highest BCUT2D eigenvalue weighted by atomic mass is 16.3. The highest BCUT2D eigenvalue weighted by Crippen LogP contribution is 2.29. The van der Waals surface area contributed by atoms with Crippen molar-refractivity contribution in [3.05, 3.63) is 30.6 Å². The third kappa shape index (κ3) is 2.70. The standard InChI is InChI=1S/C16H18N6O/c17-15-7-14(20-10-1-2-11(23)6-10)16-13(21-15)5-9(8-18-16)12-3-4-19-22-12/h3-5,7-8,10-11,23H,1-2,6H2,(H,19,22)(H3,17,20,21)/t10-,11-/m1/s1. The van der Waals surface area contributed by atoms with Crippen molar-refractivity contribution in [2.75, 3.05) is 11.1 Å². The molecule has 5 N–H and O–H groups in total. The second-order valence-electron chi connectivity index (χ2n) is 5.96. The highest BCUT2D eigenvalue weighted by Gasteiger charge is 2.23. The van der Waals surface area contributed by atoms with Crippen LogP contribution in [0.4, 0.5) is 11.5 Å². The maximum absolute atomic E-state index is 9.69. The molecule has 0 aliphatic heterocycles. The quantitative estimate of drug-likeness (QED) is 0.588. The van der Waals surface area contributed by atoms with Crippen LogP contribution < -0.4 is 11.1 Å². The summed E-state index contributed by atoms with van der Waals surface area (Å²) >= 11 is 0. The summed E-state index contributed by atoms with van der Waals surface area (Å²) in [4.78, 5) is 8.94. The van der Waals surface area contributed by atoms with E-state index in [4.69, 9.17) is 5.73 Å². The van der Waals surface area contributed by atoms with E-state index in [-0.39, 0.29) is 12.1 Å². The molecular formula is C16H18N6O. The Balaban J connectivity index is 1.73. The first-order valence-electron chi connectivity index (χ1n) is 7.69. The monoisotopic (exact) mass is 310 g/mol. The van der Waals surface area contributed by atoms with E-state index in [9.17, 15) is 5.11 Å². The Labute approximate surface area is 133 Å². The van der Waals surface area contributed by atoms with Crippen LogP contribution in [0, 0.1) is 0 Å². The molecule has 1 aliphatic carbocycles. The molecule has 1 fully saturated rings. The number of aliphatic hydroxyl groups excluding tert-OH is 1. The molecule has 1 aliphatic rings.